The highest BCUT2D eigenvalue weighted by atomic mass is 19.4. The number of carbonyl (C=O) groups excluding carboxylic acids is 1. The molecule has 4 aromatic rings. The molecule has 0 saturated heterocycles. The van der Waals surface area contributed by atoms with E-state index < -0.39 is 29.6 Å². The van der Waals surface area contributed by atoms with Crippen molar-refractivity contribution in [2.45, 2.75) is 39.0 Å². The molecule has 0 radical (unpaired) electrons. The summed E-state index contributed by atoms with van der Waals surface area (Å²) in [5.41, 5.74) is -0.0984. The Hall–Kier alpha value is -4.68. The van der Waals surface area contributed by atoms with Crippen LogP contribution in [0.4, 0.5) is 17.6 Å². The lowest BCUT2D eigenvalue weighted by molar-refractivity contribution is -0.151. The third-order valence-corrected chi connectivity index (χ3v) is 6.24. The number of esters is 1. The molecule has 41 heavy (non-hydrogen) atoms. The molecule has 2 aromatic heterocycles. The number of fused-ring (bicyclic) bond motifs is 1. The summed E-state index contributed by atoms with van der Waals surface area (Å²) < 4.78 is 72.2. The van der Waals surface area contributed by atoms with E-state index in [0.29, 0.717) is 17.8 Å². The van der Waals surface area contributed by atoms with Gasteiger partial charge in [-0.25, -0.2) is 14.2 Å². The highest BCUT2D eigenvalue weighted by Crippen LogP contribution is 2.40. The Morgan fingerprint density at radius 1 is 1.15 bits per heavy atom. The Morgan fingerprint density at radius 3 is 2.68 bits per heavy atom. The number of imidazole rings is 1. The zero-order valence-electron chi connectivity index (χ0n) is 22.0. The molecule has 5 rings (SSSR count). The van der Waals surface area contributed by atoms with Gasteiger partial charge in [-0.1, -0.05) is 24.2 Å². The van der Waals surface area contributed by atoms with Gasteiger partial charge in [-0.05, 0) is 43.7 Å². The van der Waals surface area contributed by atoms with E-state index in [9.17, 15) is 22.4 Å². The monoisotopic (exact) mass is 571 g/mol. The summed E-state index contributed by atoms with van der Waals surface area (Å²) in [6.07, 6.45) is -2.66. The number of H-pyrrole nitrogens is 1. The smallest absolute Gasteiger partial charge is 0.417 e. The van der Waals surface area contributed by atoms with E-state index in [2.05, 4.69) is 20.2 Å². The Labute approximate surface area is 231 Å². The number of ether oxygens (including phenoxy) is 2. The van der Waals surface area contributed by atoms with E-state index in [1.54, 1.807) is 25.1 Å². The summed E-state index contributed by atoms with van der Waals surface area (Å²) in [6.45, 7) is 3.76. The average Bonchev–Trinajstić information content (AvgIpc) is 3.59. The Bertz CT molecular complexity index is 1580. The van der Waals surface area contributed by atoms with Gasteiger partial charge in [0, 0.05) is 11.6 Å². The molecule has 0 saturated carbocycles. The van der Waals surface area contributed by atoms with Crippen LogP contribution in [-0.4, -0.2) is 45.5 Å². The standard InChI is InChI=1S/C28H25F4N5O4/c1-3-11-40-16-9-10-17(19(12-16)28(30,31)32)21-13-24(41-36-21)25(27(38)39-4-2)37-15-23-22(14-33-37)34-26(35-23)18-7-5-6-8-20(18)29/h5-10,12-14,25H,3-4,11,15H2,1-2H3,(H,34,35). The molecular weight excluding hydrogens is 546 g/mol. The first-order chi connectivity index (χ1) is 19.7. The minimum absolute atomic E-state index is 0.00638. The molecule has 0 aliphatic carbocycles. The van der Waals surface area contributed by atoms with Crippen molar-refractivity contribution in [3.8, 4) is 28.4 Å². The van der Waals surface area contributed by atoms with Crippen molar-refractivity contribution in [3.05, 3.63) is 77.1 Å². The van der Waals surface area contributed by atoms with Crippen LogP contribution in [0.15, 0.2) is 58.2 Å². The number of aromatic amines is 1. The van der Waals surface area contributed by atoms with E-state index in [1.165, 1.54) is 35.5 Å². The Kier molecular flexibility index (Phi) is 7.77. The fraction of sp³-hybridized carbons (Fsp3) is 0.286. The Morgan fingerprint density at radius 2 is 1.95 bits per heavy atom. The number of benzene rings is 2. The van der Waals surface area contributed by atoms with Gasteiger partial charge in [-0.2, -0.15) is 18.3 Å². The zero-order valence-corrected chi connectivity index (χ0v) is 22.0. The number of nitrogens with zero attached hydrogens (tertiary/aromatic N) is 4. The van der Waals surface area contributed by atoms with Gasteiger partial charge in [0.25, 0.3) is 0 Å². The van der Waals surface area contributed by atoms with Crippen LogP contribution in [0.25, 0.3) is 22.6 Å². The van der Waals surface area contributed by atoms with Crippen LogP contribution in [0.5, 0.6) is 5.75 Å². The van der Waals surface area contributed by atoms with Crippen LogP contribution in [0.1, 0.15) is 49.0 Å². The first-order valence-electron chi connectivity index (χ1n) is 12.8. The second-order valence-electron chi connectivity index (χ2n) is 9.09. The predicted molar refractivity (Wildman–Crippen MR) is 139 cm³/mol. The molecule has 0 bridgehead atoms. The van der Waals surface area contributed by atoms with Crippen LogP contribution in [-0.2, 0) is 22.3 Å². The van der Waals surface area contributed by atoms with Gasteiger partial charge in [-0.3, -0.25) is 5.01 Å². The summed E-state index contributed by atoms with van der Waals surface area (Å²) in [7, 11) is 0. The van der Waals surface area contributed by atoms with Crippen LogP contribution >= 0.6 is 0 Å². The summed E-state index contributed by atoms with van der Waals surface area (Å²) in [6, 6.07) is 9.65. The highest BCUT2D eigenvalue weighted by Gasteiger charge is 2.38. The normalized spacial score (nSPS) is 13.7. The van der Waals surface area contributed by atoms with Gasteiger partial charge < -0.3 is 19.0 Å². The van der Waals surface area contributed by atoms with Crippen molar-refractivity contribution in [2.24, 2.45) is 5.10 Å². The largest absolute Gasteiger partial charge is 0.494 e. The molecule has 0 amide bonds. The minimum atomic E-state index is -4.70. The van der Waals surface area contributed by atoms with Crippen molar-refractivity contribution in [1.82, 2.24) is 20.1 Å². The van der Waals surface area contributed by atoms with Crippen LogP contribution in [0.3, 0.4) is 0 Å². The molecule has 0 spiro atoms. The van der Waals surface area contributed by atoms with Gasteiger partial charge in [0.15, 0.2) is 5.76 Å². The molecule has 1 N–H and O–H groups in total. The van der Waals surface area contributed by atoms with Gasteiger partial charge >= 0.3 is 12.1 Å². The van der Waals surface area contributed by atoms with Crippen LogP contribution in [0.2, 0.25) is 0 Å². The summed E-state index contributed by atoms with van der Waals surface area (Å²) >= 11 is 0. The molecule has 3 heterocycles. The molecule has 1 aliphatic rings. The molecule has 1 aliphatic heterocycles. The average molecular weight is 572 g/mol. The topological polar surface area (TPSA) is 106 Å². The predicted octanol–water partition coefficient (Wildman–Crippen LogP) is 6.13. The molecule has 9 nitrogen and oxygen atoms in total. The maximum Gasteiger partial charge on any atom is 0.417 e. The number of halogens is 4. The number of rotatable bonds is 9. The fourth-order valence-electron chi connectivity index (χ4n) is 4.36. The van der Waals surface area contributed by atoms with Gasteiger partial charge in [0.05, 0.1) is 48.5 Å². The van der Waals surface area contributed by atoms with E-state index in [0.717, 1.165) is 6.07 Å². The molecule has 0 fully saturated rings. The second kappa shape index (κ2) is 11.4. The van der Waals surface area contributed by atoms with E-state index in [-0.39, 0.29) is 53.9 Å². The number of nitrogens with one attached hydrogen (secondary N) is 1. The maximum absolute atomic E-state index is 14.3. The number of hydrazone groups is 1. The molecule has 214 valence electrons. The van der Waals surface area contributed by atoms with Crippen molar-refractivity contribution in [3.63, 3.8) is 0 Å². The number of hydrogen-bond donors (Lipinski definition) is 1. The van der Waals surface area contributed by atoms with Crippen molar-refractivity contribution < 1.29 is 36.4 Å². The third kappa shape index (κ3) is 5.79. The maximum atomic E-state index is 14.3. The fourth-order valence-corrected chi connectivity index (χ4v) is 4.36. The first kappa shape index (κ1) is 27.9. The lowest BCUT2D eigenvalue weighted by atomic mass is 10.0. The van der Waals surface area contributed by atoms with E-state index >= 15 is 0 Å². The lowest BCUT2D eigenvalue weighted by Crippen LogP contribution is -2.33. The summed E-state index contributed by atoms with van der Waals surface area (Å²) in [5, 5.41) is 9.48. The number of aromatic nitrogens is 3. The van der Waals surface area contributed by atoms with Gasteiger partial charge in [0.2, 0.25) is 6.04 Å². The third-order valence-electron chi connectivity index (χ3n) is 6.24. The van der Waals surface area contributed by atoms with E-state index in [4.69, 9.17) is 14.0 Å². The molecular formula is C28H25F4N5O4. The molecule has 2 aromatic carbocycles. The number of alkyl halides is 3. The molecule has 1 atom stereocenters. The molecule has 1 unspecified atom stereocenters. The van der Waals surface area contributed by atoms with Crippen molar-refractivity contribution >= 4 is 12.2 Å². The first-order valence-corrected chi connectivity index (χ1v) is 12.8. The highest BCUT2D eigenvalue weighted by molar-refractivity contribution is 5.82. The molecule has 13 heteroatoms. The quantitative estimate of drug-likeness (QED) is 0.190. The minimum Gasteiger partial charge on any atom is -0.494 e. The van der Waals surface area contributed by atoms with E-state index in [1.807, 2.05) is 6.92 Å². The summed E-state index contributed by atoms with van der Waals surface area (Å²) in [4.78, 5) is 20.5. The number of hydrogen-bond acceptors (Lipinski definition) is 8. The lowest BCUT2D eigenvalue weighted by Gasteiger charge is -2.27. The van der Waals surface area contributed by atoms with Gasteiger partial charge in [-0.15, -0.1) is 0 Å². The SMILES string of the molecule is CCCOc1ccc(-c2cc(C(C(=O)OCC)N3Cc4nc(-c5ccccc5F)[nH]c4C=N3)on2)c(C(F)(F)F)c1. The summed E-state index contributed by atoms with van der Waals surface area (Å²) in [5.74, 6) is -0.942. The van der Waals surface area contributed by atoms with Crippen LogP contribution in [0, 0.1) is 5.82 Å². The van der Waals surface area contributed by atoms with Crippen molar-refractivity contribution in [2.75, 3.05) is 13.2 Å². The second-order valence-corrected chi connectivity index (χ2v) is 9.09. The Balaban J connectivity index is 1.47. The number of carbonyl (C=O) groups is 1. The zero-order chi connectivity index (χ0) is 29.1. The van der Waals surface area contributed by atoms with Gasteiger partial charge in [0.1, 0.15) is 23.1 Å². The van der Waals surface area contributed by atoms with Crippen LogP contribution < -0.4 is 4.74 Å². The van der Waals surface area contributed by atoms with Crippen molar-refractivity contribution in [1.29, 1.82) is 0 Å².